The van der Waals surface area contributed by atoms with Crippen LogP contribution in [-0.4, -0.2) is 14.8 Å². The second-order valence-corrected chi connectivity index (χ2v) is 8.30. The molecule has 1 heterocycles. The van der Waals surface area contributed by atoms with E-state index in [9.17, 15) is 0 Å². The van der Waals surface area contributed by atoms with Crippen molar-refractivity contribution in [2.24, 2.45) is 0 Å². The molecule has 6 heteroatoms. The van der Waals surface area contributed by atoms with E-state index in [-0.39, 0.29) is 0 Å². The minimum Gasteiger partial charge on any atom is -0.485 e. The molecule has 0 saturated heterocycles. The summed E-state index contributed by atoms with van der Waals surface area (Å²) in [5.74, 6) is 2.37. The summed E-state index contributed by atoms with van der Waals surface area (Å²) < 4.78 is 8.02. The van der Waals surface area contributed by atoms with Gasteiger partial charge in [-0.05, 0) is 47.0 Å². The Labute approximate surface area is 185 Å². The third kappa shape index (κ3) is 4.53. The van der Waals surface area contributed by atoms with Crippen molar-refractivity contribution in [3.05, 3.63) is 95.3 Å². The zero-order chi connectivity index (χ0) is 20.9. The summed E-state index contributed by atoms with van der Waals surface area (Å²) in [5, 5.41) is 12.8. The second kappa shape index (κ2) is 9.37. The Kier molecular flexibility index (Phi) is 6.41. The summed E-state index contributed by atoms with van der Waals surface area (Å²) in [6, 6.07) is 20.4. The highest BCUT2D eigenvalue weighted by molar-refractivity contribution is 7.98. The first-order valence-electron chi connectivity index (χ1n) is 9.67. The molecular formula is C24H22ClN3OS. The number of thioether (sulfide) groups is 1. The van der Waals surface area contributed by atoms with Crippen LogP contribution in [-0.2, 0) is 18.9 Å². The molecule has 0 unspecified atom stereocenters. The predicted octanol–water partition coefficient (Wildman–Crippen LogP) is 6.45. The monoisotopic (exact) mass is 435 g/mol. The third-order valence-electron chi connectivity index (χ3n) is 4.84. The van der Waals surface area contributed by atoms with E-state index in [1.165, 1.54) is 16.3 Å². The molecule has 4 rings (SSSR count). The summed E-state index contributed by atoms with van der Waals surface area (Å²) in [6.07, 6.45) is 1.85. The number of aromatic nitrogens is 3. The molecule has 0 aliphatic carbocycles. The van der Waals surface area contributed by atoms with E-state index in [0.717, 1.165) is 28.0 Å². The van der Waals surface area contributed by atoms with Gasteiger partial charge >= 0.3 is 0 Å². The van der Waals surface area contributed by atoms with Gasteiger partial charge in [-0.15, -0.1) is 16.8 Å². The van der Waals surface area contributed by atoms with Gasteiger partial charge in [0.15, 0.2) is 11.0 Å². The second-order valence-electron chi connectivity index (χ2n) is 6.92. The van der Waals surface area contributed by atoms with Gasteiger partial charge in [-0.2, -0.15) is 0 Å². The maximum Gasteiger partial charge on any atom is 0.191 e. The average Bonchev–Trinajstić information content (AvgIpc) is 3.13. The maximum absolute atomic E-state index is 6.03. The van der Waals surface area contributed by atoms with Crippen LogP contribution >= 0.6 is 23.4 Å². The third-order valence-corrected chi connectivity index (χ3v) is 6.09. The van der Waals surface area contributed by atoms with Crippen LogP contribution in [0.5, 0.6) is 5.75 Å². The maximum atomic E-state index is 6.03. The van der Waals surface area contributed by atoms with Gasteiger partial charge in [0.05, 0.1) is 0 Å². The molecule has 30 heavy (non-hydrogen) atoms. The first-order valence-corrected chi connectivity index (χ1v) is 11.0. The lowest BCUT2D eigenvalue weighted by Gasteiger charge is -2.11. The van der Waals surface area contributed by atoms with Gasteiger partial charge in [0, 0.05) is 17.3 Å². The highest BCUT2D eigenvalue weighted by Crippen LogP contribution is 2.28. The van der Waals surface area contributed by atoms with E-state index in [1.807, 2.05) is 35.8 Å². The van der Waals surface area contributed by atoms with E-state index in [2.05, 4.69) is 59.2 Å². The fourth-order valence-corrected chi connectivity index (χ4v) is 4.52. The Morgan fingerprint density at radius 1 is 1.10 bits per heavy atom. The molecule has 0 atom stereocenters. The highest BCUT2D eigenvalue weighted by atomic mass is 35.5. The van der Waals surface area contributed by atoms with E-state index in [4.69, 9.17) is 16.3 Å². The minimum absolute atomic E-state index is 0.331. The van der Waals surface area contributed by atoms with Crippen molar-refractivity contribution in [3.8, 4) is 5.75 Å². The number of rotatable bonds is 8. The van der Waals surface area contributed by atoms with E-state index >= 15 is 0 Å². The number of halogens is 1. The smallest absolute Gasteiger partial charge is 0.191 e. The van der Waals surface area contributed by atoms with E-state index < -0.39 is 0 Å². The van der Waals surface area contributed by atoms with Crippen molar-refractivity contribution in [1.82, 2.24) is 14.8 Å². The zero-order valence-corrected chi connectivity index (χ0v) is 18.3. The number of allylic oxidation sites excluding steroid dienone is 1. The molecule has 152 valence electrons. The Bertz CT molecular complexity index is 1180. The van der Waals surface area contributed by atoms with Gasteiger partial charge in [-0.1, -0.05) is 71.9 Å². The van der Waals surface area contributed by atoms with Crippen LogP contribution in [0.25, 0.3) is 10.8 Å². The fraction of sp³-hybridized carbons (Fsp3) is 0.167. The van der Waals surface area contributed by atoms with Crippen molar-refractivity contribution in [2.45, 2.75) is 31.0 Å². The summed E-state index contributed by atoms with van der Waals surface area (Å²) >= 11 is 7.70. The number of hydrogen-bond acceptors (Lipinski definition) is 4. The normalized spacial score (nSPS) is 11.0. The molecule has 0 aliphatic rings. The molecular weight excluding hydrogens is 414 g/mol. The zero-order valence-electron chi connectivity index (χ0n) is 16.7. The Morgan fingerprint density at radius 2 is 1.93 bits per heavy atom. The Balaban J connectivity index is 1.51. The quantitative estimate of drug-likeness (QED) is 0.235. The van der Waals surface area contributed by atoms with Crippen molar-refractivity contribution < 1.29 is 4.74 Å². The molecule has 0 fully saturated rings. The predicted molar refractivity (Wildman–Crippen MR) is 124 cm³/mol. The van der Waals surface area contributed by atoms with Gasteiger partial charge in [-0.3, -0.25) is 4.57 Å². The van der Waals surface area contributed by atoms with Crippen LogP contribution in [0, 0.1) is 6.92 Å². The van der Waals surface area contributed by atoms with Gasteiger partial charge in [0.2, 0.25) is 0 Å². The van der Waals surface area contributed by atoms with Crippen LogP contribution in [0.2, 0.25) is 5.02 Å². The number of hydrogen-bond donors (Lipinski definition) is 0. The highest BCUT2D eigenvalue weighted by Gasteiger charge is 2.14. The lowest BCUT2D eigenvalue weighted by Crippen LogP contribution is -2.08. The summed E-state index contributed by atoms with van der Waals surface area (Å²) in [6.45, 7) is 6.81. The van der Waals surface area contributed by atoms with Crippen LogP contribution in [0.1, 0.15) is 17.0 Å². The van der Waals surface area contributed by atoms with Crippen molar-refractivity contribution in [2.75, 3.05) is 0 Å². The molecule has 0 bridgehead atoms. The van der Waals surface area contributed by atoms with Crippen molar-refractivity contribution in [1.29, 1.82) is 0 Å². The van der Waals surface area contributed by atoms with E-state index in [1.54, 1.807) is 11.8 Å². The number of nitrogens with zero attached hydrogens (tertiary/aromatic N) is 3. The Morgan fingerprint density at radius 3 is 2.77 bits per heavy atom. The first kappa shape index (κ1) is 20.5. The number of fused-ring (bicyclic) bond motifs is 1. The van der Waals surface area contributed by atoms with Gasteiger partial charge in [0.1, 0.15) is 12.4 Å². The van der Waals surface area contributed by atoms with Crippen LogP contribution in [0.3, 0.4) is 0 Å². The van der Waals surface area contributed by atoms with Crippen molar-refractivity contribution in [3.63, 3.8) is 0 Å². The number of benzene rings is 3. The number of aryl methyl sites for hydroxylation is 1. The molecule has 4 aromatic rings. The molecule has 1 aromatic heterocycles. The number of ether oxygens (including phenoxy) is 1. The van der Waals surface area contributed by atoms with Crippen molar-refractivity contribution >= 4 is 34.1 Å². The topological polar surface area (TPSA) is 39.9 Å². The standard InChI is InChI=1S/C24H22ClN3OS/c1-3-13-28-23(15-29-22-12-11-20(25)14-17(22)2)26-27-24(28)30-16-19-9-6-8-18-7-4-5-10-21(18)19/h3-12,14H,1,13,15-16H2,2H3. The molecule has 0 amide bonds. The molecule has 0 aliphatic heterocycles. The van der Waals surface area contributed by atoms with E-state index in [0.29, 0.717) is 18.2 Å². The van der Waals surface area contributed by atoms with Gasteiger partial charge < -0.3 is 4.74 Å². The van der Waals surface area contributed by atoms with Crippen LogP contribution in [0.4, 0.5) is 0 Å². The lowest BCUT2D eigenvalue weighted by atomic mass is 10.1. The SMILES string of the molecule is C=CCn1c(COc2ccc(Cl)cc2C)nnc1SCc1cccc2ccccc12. The molecule has 0 spiro atoms. The van der Waals surface area contributed by atoms with Crippen LogP contribution in [0.15, 0.2) is 78.5 Å². The van der Waals surface area contributed by atoms with Gasteiger partial charge in [0.25, 0.3) is 0 Å². The largest absolute Gasteiger partial charge is 0.485 e. The molecule has 3 aromatic carbocycles. The summed E-state index contributed by atoms with van der Waals surface area (Å²) in [4.78, 5) is 0. The molecule has 4 nitrogen and oxygen atoms in total. The first-order chi connectivity index (χ1) is 14.7. The summed E-state index contributed by atoms with van der Waals surface area (Å²) in [7, 11) is 0. The fourth-order valence-electron chi connectivity index (χ4n) is 3.32. The molecule has 0 radical (unpaired) electrons. The molecule has 0 N–H and O–H groups in total. The average molecular weight is 436 g/mol. The minimum atomic E-state index is 0.331. The lowest BCUT2D eigenvalue weighted by molar-refractivity contribution is 0.287. The Hall–Kier alpha value is -2.76. The molecule has 0 saturated carbocycles. The van der Waals surface area contributed by atoms with Gasteiger partial charge in [-0.25, -0.2) is 0 Å². The summed E-state index contributed by atoms with van der Waals surface area (Å²) in [5.41, 5.74) is 2.27. The van der Waals surface area contributed by atoms with Crippen LogP contribution < -0.4 is 4.74 Å².